The highest BCUT2D eigenvalue weighted by Gasteiger charge is 2.43. The van der Waals surface area contributed by atoms with Crippen LogP contribution in [0.3, 0.4) is 0 Å². The van der Waals surface area contributed by atoms with Gasteiger partial charge in [-0.25, -0.2) is 4.79 Å². The SMILES string of the molecule is CC(=O)NCc1ccc(C(=O)COC(=O)C(Cc2ccccc2)N2C(=O)c3ccccc3C2=O)s1. The maximum absolute atomic E-state index is 13.1. The van der Waals surface area contributed by atoms with Crippen LogP contribution in [0.4, 0.5) is 0 Å². The van der Waals surface area contributed by atoms with E-state index in [2.05, 4.69) is 5.32 Å². The summed E-state index contributed by atoms with van der Waals surface area (Å²) in [5.74, 6) is -2.59. The number of benzene rings is 2. The van der Waals surface area contributed by atoms with Gasteiger partial charge in [-0.05, 0) is 29.8 Å². The van der Waals surface area contributed by atoms with Crippen molar-refractivity contribution in [2.75, 3.05) is 6.61 Å². The first-order valence-electron chi connectivity index (χ1n) is 10.9. The smallest absolute Gasteiger partial charge is 0.330 e. The van der Waals surface area contributed by atoms with E-state index in [0.717, 1.165) is 15.3 Å². The van der Waals surface area contributed by atoms with Crippen molar-refractivity contribution >= 4 is 40.8 Å². The Hall–Kier alpha value is -4.11. The summed E-state index contributed by atoms with van der Waals surface area (Å²) in [6.07, 6.45) is 0.0548. The minimum absolute atomic E-state index is 0.0548. The first-order chi connectivity index (χ1) is 16.8. The molecule has 0 fully saturated rings. The molecule has 0 saturated heterocycles. The normalized spacial score (nSPS) is 13.3. The molecule has 0 aliphatic carbocycles. The molecule has 1 unspecified atom stereocenters. The summed E-state index contributed by atoms with van der Waals surface area (Å²) < 4.78 is 5.31. The summed E-state index contributed by atoms with van der Waals surface area (Å²) in [5.41, 5.74) is 1.19. The number of fused-ring (bicyclic) bond motifs is 1. The number of carbonyl (C=O) groups excluding carboxylic acids is 5. The van der Waals surface area contributed by atoms with E-state index >= 15 is 0 Å². The molecule has 1 aliphatic heterocycles. The lowest BCUT2D eigenvalue weighted by Crippen LogP contribution is -2.47. The van der Waals surface area contributed by atoms with Gasteiger partial charge in [0.2, 0.25) is 11.7 Å². The second-order valence-corrected chi connectivity index (χ2v) is 9.11. The van der Waals surface area contributed by atoms with E-state index in [1.54, 1.807) is 60.7 Å². The summed E-state index contributed by atoms with van der Waals surface area (Å²) in [6, 6.07) is 17.4. The third-order valence-corrected chi connectivity index (χ3v) is 6.60. The van der Waals surface area contributed by atoms with E-state index in [-0.39, 0.29) is 23.5 Å². The summed E-state index contributed by atoms with van der Waals surface area (Å²) >= 11 is 1.19. The predicted molar refractivity (Wildman–Crippen MR) is 128 cm³/mol. The van der Waals surface area contributed by atoms with Crippen molar-refractivity contribution in [2.45, 2.75) is 25.9 Å². The van der Waals surface area contributed by atoms with Gasteiger partial charge in [-0.1, -0.05) is 42.5 Å². The number of hydrogen-bond donors (Lipinski definition) is 1. The molecule has 4 rings (SSSR count). The molecule has 3 aromatic rings. The zero-order valence-electron chi connectivity index (χ0n) is 18.9. The topological polar surface area (TPSA) is 110 Å². The lowest BCUT2D eigenvalue weighted by molar-refractivity contribution is -0.147. The van der Waals surface area contributed by atoms with Gasteiger partial charge in [-0.3, -0.25) is 24.1 Å². The Kier molecular flexibility index (Phi) is 7.17. The van der Waals surface area contributed by atoms with Crippen LogP contribution >= 0.6 is 11.3 Å². The molecule has 1 aromatic heterocycles. The Balaban J connectivity index is 1.49. The lowest BCUT2D eigenvalue weighted by Gasteiger charge is -2.24. The molecule has 3 amide bonds. The van der Waals surface area contributed by atoms with Gasteiger partial charge in [0.1, 0.15) is 6.04 Å². The van der Waals surface area contributed by atoms with Gasteiger partial charge >= 0.3 is 5.97 Å². The van der Waals surface area contributed by atoms with Crippen molar-refractivity contribution in [1.29, 1.82) is 0 Å². The summed E-state index contributed by atoms with van der Waals surface area (Å²) in [5, 5.41) is 2.65. The number of hydrogen-bond acceptors (Lipinski definition) is 7. The Labute approximate surface area is 205 Å². The van der Waals surface area contributed by atoms with Crippen LogP contribution in [0.25, 0.3) is 0 Å². The average molecular weight is 491 g/mol. The Morgan fingerprint density at radius 3 is 2.17 bits per heavy atom. The highest BCUT2D eigenvalue weighted by molar-refractivity contribution is 7.14. The fraction of sp³-hybridized carbons (Fsp3) is 0.192. The van der Waals surface area contributed by atoms with Crippen molar-refractivity contribution < 1.29 is 28.7 Å². The number of ether oxygens (including phenoxy) is 1. The van der Waals surface area contributed by atoms with Gasteiger partial charge in [0, 0.05) is 18.2 Å². The van der Waals surface area contributed by atoms with Crippen LogP contribution in [0.2, 0.25) is 0 Å². The largest absolute Gasteiger partial charge is 0.456 e. The van der Waals surface area contributed by atoms with Crippen LogP contribution in [0.1, 0.15) is 47.8 Å². The summed E-state index contributed by atoms with van der Waals surface area (Å²) in [6.45, 7) is 1.17. The molecule has 2 heterocycles. The molecule has 2 aromatic carbocycles. The fourth-order valence-corrected chi connectivity index (χ4v) is 4.62. The minimum Gasteiger partial charge on any atom is -0.456 e. The van der Waals surface area contributed by atoms with Gasteiger partial charge in [0.05, 0.1) is 22.5 Å². The van der Waals surface area contributed by atoms with Gasteiger partial charge in [-0.2, -0.15) is 0 Å². The van der Waals surface area contributed by atoms with Crippen LogP contribution in [-0.2, 0) is 27.3 Å². The third kappa shape index (κ3) is 5.36. The van der Waals surface area contributed by atoms with Crippen LogP contribution < -0.4 is 5.32 Å². The molecule has 178 valence electrons. The van der Waals surface area contributed by atoms with Crippen LogP contribution in [0.15, 0.2) is 66.7 Å². The predicted octanol–water partition coefficient (Wildman–Crippen LogP) is 3.02. The second-order valence-electron chi connectivity index (χ2n) is 7.94. The molecule has 1 aliphatic rings. The number of ketones is 1. The van der Waals surface area contributed by atoms with Crippen LogP contribution in [-0.4, -0.2) is 47.0 Å². The number of nitrogens with zero attached hydrogens (tertiary/aromatic N) is 1. The highest BCUT2D eigenvalue weighted by Crippen LogP contribution is 2.26. The van der Waals surface area contributed by atoms with E-state index in [0.29, 0.717) is 11.4 Å². The zero-order chi connectivity index (χ0) is 24.9. The Bertz CT molecular complexity index is 1260. The van der Waals surface area contributed by atoms with E-state index < -0.39 is 36.2 Å². The molecule has 0 bridgehead atoms. The highest BCUT2D eigenvalue weighted by atomic mass is 32.1. The molecule has 0 saturated carbocycles. The number of nitrogens with one attached hydrogen (secondary N) is 1. The maximum atomic E-state index is 13.1. The number of rotatable bonds is 9. The minimum atomic E-state index is -1.23. The third-order valence-electron chi connectivity index (χ3n) is 5.47. The molecular weight excluding hydrogens is 468 g/mol. The number of thiophene rings is 1. The summed E-state index contributed by atoms with van der Waals surface area (Å²) in [4.78, 5) is 64.9. The first kappa shape index (κ1) is 24.0. The molecule has 35 heavy (non-hydrogen) atoms. The van der Waals surface area contributed by atoms with Gasteiger partial charge in [0.25, 0.3) is 11.8 Å². The molecule has 0 spiro atoms. The maximum Gasteiger partial charge on any atom is 0.330 e. The standard InChI is InChI=1S/C26H22N2O6S/c1-16(29)27-14-18-11-12-23(35-18)22(30)15-34-26(33)21(13-17-7-3-2-4-8-17)28-24(31)19-9-5-6-10-20(19)25(28)32/h2-12,21H,13-15H2,1H3,(H,27,29). The Morgan fingerprint density at radius 2 is 1.54 bits per heavy atom. The van der Waals surface area contributed by atoms with Crippen molar-refractivity contribution in [3.8, 4) is 0 Å². The number of imide groups is 1. The Morgan fingerprint density at radius 1 is 0.914 bits per heavy atom. The molecule has 1 N–H and O–H groups in total. The molecule has 1 atom stereocenters. The lowest BCUT2D eigenvalue weighted by atomic mass is 10.0. The molecule has 9 heteroatoms. The van der Waals surface area contributed by atoms with E-state index in [1.807, 2.05) is 6.07 Å². The molecular formula is C26H22N2O6S. The molecule has 0 radical (unpaired) electrons. The van der Waals surface area contributed by atoms with E-state index in [4.69, 9.17) is 4.74 Å². The van der Waals surface area contributed by atoms with Crippen molar-refractivity contribution in [2.24, 2.45) is 0 Å². The van der Waals surface area contributed by atoms with Gasteiger partial charge in [0.15, 0.2) is 6.61 Å². The van der Waals surface area contributed by atoms with Gasteiger partial charge in [-0.15, -0.1) is 11.3 Å². The number of carbonyl (C=O) groups is 5. The fourth-order valence-electron chi connectivity index (χ4n) is 3.75. The van der Waals surface area contributed by atoms with Crippen molar-refractivity contribution in [3.05, 3.63) is 93.2 Å². The van der Waals surface area contributed by atoms with Crippen LogP contribution in [0.5, 0.6) is 0 Å². The van der Waals surface area contributed by atoms with E-state index in [1.165, 1.54) is 18.3 Å². The van der Waals surface area contributed by atoms with E-state index in [9.17, 15) is 24.0 Å². The average Bonchev–Trinajstić information content (AvgIpc) is 3.44. The van der Waals surface area contributed by atoms with Gasteiger partial charge < -0.3 is 10.1 Å². The quantitative estimate of drug-likeness (QED) is 0.281. The summed E-state index contributed by atoms with van der Waals surface area (Å²) in [7, 11) is 0. The monoisotopic (exact) mass is 490 g/mol. The number of amides is 3. The second kappa shape index (κ2) is 10.4. The van der Waals surface area contributed by atoms with Crippen molar-refractivity contribution in [3.63, 3.8) is 0 Å². The first-order valence-corrected chi connectivity index (χ1v) is 11.7. The molecule has 8 nitrogen and oxygen atoms in total. The number of esters is 1. The zero-order valence-corrected chi connectivity index (χ0v) is 19.7. The van der Waals surface area contributed by atoms with Crippen LogP contribution in [0, 0.1) is 0 Å². The number of Topliss-reactive ketones (excluding diaryl/α,β-unsaturated/α-hetero) is 1. The van der Waals surface area contributed by atoms with Crippen molar-refractivity contribution in [1.82, 2.24) is 10.2 Å².